The molecule has 0 aromatic carbocycles. The maximum atomic E-state index is 8.68. The molecule has 3 nitrogen and oxygen atoms in total. The lowest BCUT2D eigenvalue weighted by Crippen LogP contribution is -2.15. The third-order valence-corrected chi connectivity index (χ3v) is 1.49. The van der Waals surface area contributed by atoms with Crippen LogP contribution >= 0.6 is 0 Å². The van der Waals surface area contributed by atoms with E-state index >= 15 is 0 Å². The molecule has 0 saturated carbocycles. The maximum Gasteiger partial charge on any atom is 0.0518 e. The van der Waals surface area contributed by atoms with E-state index in [1.54, 1.807) is 0 Å². The number of rotatable bonds is 6. The van der Waals surface area contributed by atoms with Crippen LogP contribution in [-0.4, -0.2) is 36.1 Å². The molecule has 0 atom stereocenters. The van der Waals surface area contributed by atoms with E-state index < -0.39 is 0 Å². The zero-order chi connectivity index (χ0) is 8.69. The molecule has 0 aliphatic heterocycles. The monoisotopic (exact) mass is 162 g/mol. The lowest BCUT2D eigenvalue weighted by atomic mass is 10.1. The first-order valence-electron chi connectivity index (χ1n) is 4.04. The van der Waals surface area contributed by atoms with Crippen molar-refractivity contribution in [2.75, 3.05) is 19.8 Å². The largest absolute Gasteiger partial charge is 0.396 e. The van der Waals surface area contributed by atoms with E-state index in [0.717, 1.165) is 6.42 Å². The Bertz CT molecular complexity index is 79.4. The molecule has 0 aromatic heterocycles. The summed E-state index contributed by atoms with van der Waals surface area (Å²) in [6.07, 6.45) is 0.957. The minimum absolute atomic E-state index is 0.0197. The average molecular weight is 162 g/mol. The van der Waals surface area contributed by atoms with E-state index in [4.69, 9.17) is 14.9 Å². The molecule has 68 valence electrons. The fourth-order valence-corrected chi connectivity index (χ4v) is 0.711. The van der Waals surface area contributed by atoms with Gasteiger partial charge in [0.1, 0.15) is 0 Å². The number of ether oxygens (including phenoxy) is 1. The third kappa shape index (κ3) is 6.28. The van der Waals surface area contributed by atoms with Crippen molar-refractivity contribution in [3.05, 3.63) is 0 Å². The molecule has 0 aliphatic rings. The molecule has 0 rings (SSSR count). The van der Waals surface area contributed by atoms with Crippen LogP contribution in [0.15, 0.2) is 0 Å². The summed E-state index contributed by atoms with van der Waals surface area (Å²) >= 11 is 0. The number of aliphatic hydroxyl groups is 2. The number of hydrogen-bond acceptors (Lipinski definition) is 3. The van der Waals surface area contributed by atoms with Crippen LogP contribution in [0.25, 0.3) is 0 Å². The molecular weight excluding hydrogens is 144 g/mol. The van der Waals surface area contributed by atoms with Gasteiger partial charge in [0.2, 0.25) is 0 Å². The van der Waals surface area contributed by atoms with Crippen LogP contribution in [0.4, 0.5) is 0 Å². The molecule has 0 spiro atoms. The standard InChI is InChI=1S/C8H18O3/c1-7(2)11-4-3-8(5-9)6-10/h7-10H,3-6H2,1-2H3. The highest BCUT2D eigenvalue weighted by molar-refractivity contribution is 4.54. The molecule has 0 aromatic rings. The van der Waals surface area contributed by atoms with Gasteiger partial charge in [0.05, 0.1) is 6.10 Å². The minimum Gasteiger partial charge on any atom is -0.396 e. The molecule has 0 aliphatic carbocycles. The van der Waals surface area contributed by atoms with Crippen molar-refractivity contribution in [2.24, 2.45) is 5.92 Å². The van der Waals surface area contributed by atoms with Gasteiger partial charge in [-0.1, -0.05) is 0 Å². The Labute approximate surface area is 68.0 Å². The van der Waals surface area contributed by atoms with Crippen molar-refractivity contribution >= 4 is 0 Å². The van der Waals surface area contributed by atoms with E-state index in [2.05, 4.69) is 0 Å². The van der Waals surface area contributed by atoms with E-state index in [1.165, 1.54) is 0 Å². The highest BCUT2D eigenvalue weighted by atomic mass is 16.5. The number of aliphatic hydroxyl groups excluding tert-OH is 2. The van der Waals surface area contributed by atoms with Gasteiger partial charge in [0.25, 0.3) is 0 Å². The molecule has 3 heteroatoms. The van der Waals surface area contributed by atoms with Gasteiger partial charge in [-0.15, -0.1) is 0 Å². The van der Waals surface area contributed by atoms with Gasteiger partial charge in [-0.3, -0.25) is 0 Å². The Morgan fingerprint density at radius 1 is 1.18 bits per heavy atom. The molecule has 11 heavy (non-hydrogen) atoms. The SMILES string of the molecule is CC(C)OCCC(CO)CO. The second-order valence-electron chi connectivity index (χ2n) is 2.94. The fourth-order valence-electron chi connectivity index (χ4n) is 0.711. The van der Waals surface area contributed by atoms with Crippen LogP contribution < -0.4 is 0 Å². The Kier molecular flexibility index (Phi) is 6.51. The molecule has 0 amide bonds. The summed E-state index contributed by atoms with van der Waals surface area (Å²) in [7, 11) is 0. The zero-order valence-electron chi connectivity index (χ0n) is 7.29. The summed E-state index contributed by atoms with van der Waals surface area (Å²) in [6.45, 7) is 4.62. The summed E-state index contributed by atoms with van der Waals surface area (Å²) in [6, 6.07) is 0. The lowest BCUT2D eigenvalue weighted by Gasteiger charge is -2.12. The van der Waals surface area contributed by atoms with Gasteiger partial charge in [-0.2, -0.15) is 0 Å². The topological polar surface area (TPSA) is 49.7 Å². The molecule has 0 saturated heterocycles. The van der Waals surface area contributed by atoms with Crippen molar-refractivity contribution < 1.29 is 14.9 Å². The first-order valence-corrected chi connectivity index (χ1v) is 4.04. The zero-order valence-corrected chi connectivity index (χ0v) is 7.29. The normalized spacial score (nSPS) is 11.5. The van der Waals surface area contributed by atoms with Gasteiger partial charge >= 0.3 is 0 Å². The van der Waals surface area contributed by atoms with Crippen LogP contribution in [0.2, 0.25) is 0 Å². The van der Waals surface area contributed by atoms with Crippen molar-refractivity contribution in [2.45, 2.75) is 26.4 Å². The van der Waals surface area contributed by atoms with Gasteiger partial charge in [-0.25, -0.2) is 0 Å². The van der Waals surface area contributed by atoms with Crippen molar-refractivity contribution in [3.63, 3.8) is 0 Å². The second kappa shape index (κ2) is 6.58. The second-order valence-corrected chi connectivity index (χ2v) is 2.94. The molecule has 0 radical (unpaired) electrons. The Morgan fingerprint density at radius 2 is 1.73 bits per heavy atom. The molecular formula is C8H18O3. The Balaban J connectivity index is 3.21. The predicted molar refractivity (Wildman–Crippen MR) is 43.4 cm³/mol. The maximum absolute atomic E-state index is 8.68. The molecule has 0 fully saturated rings. The first kappa shape index (κ1) is 10.9. The third-order valence-electron chi connectivity index (χ3n) is 1.49. The molecule has 0 unspecified atom stereocenters. The van der Waals surface area contributed by atoms with Crippen LogP contribution in [-0.2, 0) is 4.74 Å². The summed E-state index contributed by atoms with van der Waals surface area (Å²) in [5.41, 5.74) is 0. The summed E-state index contributed by atoms with van der Waals surface area (Å²) < 4.78 is 5.25. The van der Waals surface area contributed by atoms with Crippen LogP contribution in [0, 0.1) is 5.92 Å². The predicted octanol–water partition coefficient (Wildman–Crippen LogP) is 0.402. The minimum atomic E-state index is -0.0197. The lowest BCUT2D eigenvalue weighted by molar-refractivity contribution is 0.0500. The smallest absolute Gasteiger partial charge is 0.0518 e. The molecule has 0 heterocycles. The Hall–Kier alpha value is -0.120. The van der Waals surface area contributed by atoms with Crippen molar-refractivity contribution in [3.8, 4) is 0 Å². The van der Waals surface area contributed by atoms with Gasteiger partial charge in [0.15, 0.2) is 0 Å². The van der Waals surface area contributed by atoms with E-state index in [0.29, 0.717) is 6.61 Å². The van der Waals surface area contributed by atoms with Gasteiger partial charge < -0.3 is 14.9 Å². The molecule has 0 bridgehead atoms. The van der Waals surface area contributed by atoms with Crippen LogP contribution in [0.5, 0.6) is 0 Å². The summed E-state index contributed by atoms with van der Waals surface area (Å²) in [5.74, 6) is -0.0197. The first-order chi connectivity index (χ1) is 5.20. The van der Waals surface area contributed by atoms with Gasteiger partial charge in [0, 0.05) is 25.7 Å². The van der Waals surface area contributed by atoms with Gasteiger partial charge in [-0.05, 0) is 20.3 Å². The molecule has 2 N–H and O–H groups in total. The Morgan fingerprint density at radius 3 is 2.09 bits per heavy atom. The number of hydrogen-bond donors (Lipinski definition) is 2. The summed E-state index contributed by atoms with van der Waals surface area (Å²) in [5, 5.41) is 17.4. The van der Waals surface area contributed by atoms with Crippen molar-refractivity contribution in [1.82, 2.24) is 0 Å². The quantitative estimate of drug-likeness (QED) is 0.594. The van der Waals surface area contributed by atoms with Crippen LogP contribution in [0.3, 0.4) is 0 Å². The van der Waals surface area contributed by atoms with E-state index in [1.807, 2.05) is 13.8 Å². The van der Waals surface area contributed by atoms with E-state index in [-0.39, 0.29) is 25.2 Å². The average Bonchev–Trinajstić information content (AvgIpc) is 1.98. The highest BCUT2D eigenvalue weighted by Gasteiger charge is 2.05. The fraction of sp³-hybridized carbons (Fsp3) is 1.00. The van der Waals surface area contributed by atoms with E-state index in [9.17, 15) is 0 Å². The van der Waals surface area contributed by atoms with Crippen molar-refractivity contribution in [1.29, 1.82) is 0 Å². The van der Waals surface area contributed by atoms with Crippen LogP contribution in [0.1, 0.15) is 20.3 Å². The highest BCUT2D eigenvalue weighted by Crippen LogP contribution is 2.01. The summed E-state index contributed by atoms with van der Waals surface area (Å²) in [4.78, 5) is 0.